The highest BCUT2D eigenvalue weighted by Gasteiger charge is 2.37. The minimum Gasteiger partial charge on any atom is -0.350 e. The number of hydrogen-bond donors (Lipinski definition) is 1. The lowest BCUT2D eigenvalue weighted by atomic mass is 10.0. The van der Waals surface area contributed by atoms with Crippen LogP contribution in [0, 0.1) is 0 Å². The second kappa shape index (κ2) is 6.93. The molecule has 1 heterocycles. The van der Waals surface area contributed by atoms with Crippen molar-refractivity contribution in [1.82, 2.24) is 10.2 Å². The van der Waals surface area contributed by atoms with Crippen LogP contribution in [0.1, 0.15) is 30.6 Å². The van der Waals surface area contributed by atoms with Crippen LogP contribution in [-0.2, 0) is 14.8 Å². The van der Waals surface area contributed by atoms with Crippen LogP contribution in [0.15, 0.2) is 18.2 Å². The lowest BCUT2D eigenvalue weighted by Gasteiger charge is -2.32. The van der Waals surface area contributed by atoms with Crippen molar-refractivity contribution in [3.63, 3.8) is 0 Å². The highest BCUT2D eigenvalue weighted by Crippen LogP contribution is 2.32. The zero-order valence-electron chi connectivity index (χ0n) is 14.7. The van der Waals surface area contributed by atoms with E-state index in [4.69, 9.17) is 11.6 Å². The van der Waals surface area contributed by atoms with Gasteiger partial charge < -0.3 is 10.2 Å². The first-order valence-electron chi connectivity index (χ1n) is 7.77. The van der Waals surface area contributed by atoms with Gasteiger partial charge in [-0.05, 0) is 46.1 Å². The summed E-state index contributed by atoms with van der Waals surface area (Å²) in [6.07, 6.45) is -0.0912. The molecule has 0 radical (unpaired) electrons. The SMILES string of the molecule is CN(C)C(C)(C)CNC(=O)c1ccc(Cl)c(N2C(=O)CCS2(=O)=O)c1. The summed E-state index contributed by atoms with van der Waals surface area (Å²) in [5.41, 5.74) is 0.00616. The topological polar surface area (TPSA) is 86.8 Å². The van der Waals surface area contributed by atoms with Crippen LogP contribution < -0.4 is 9.62 Å². The number of anilines is 1. The summed E-state index contributed by atoms with van der Waals surface area (Å²) in [5, 5.41) is 2.91. The van der Waals surface area contributed by atoms with E-state index in [2.05, 4.69) is 5.32 Å². The Hall–Kier alpha value is -1.64. The van der Waals surface area contributed by atoms with Crippen LogP contribution in [0.5, 0.6) is 0 Å². The van der Waals surface area contributed by atoms with Gasteiger partial charge in [0, 0.05) is 24.1 Å². The molecule has 25 heavy (non-hydrogen) atoms. The highest BCUT2D eigenvalue weighted by atomic mass is 35.5. The third-order valence-corrected chi connectivity index (χ3v) is 6.39. The fraction of sp³-hybridized carbons (Fsp3) is 0.500. The Morgan fingerprint density at radius 1 is 1.36 bits per heavy atom. The number of hydrogen-bond acceptors (Lipinski definition) is 5. The predicted octanol–water partition coefficient (Wildman–Crippen LogP) is 1.48. The average Bonchev–Trinajstić information content (AvgIpc) is 2.79. The first kappa shape index (κ1) is 19.7. The molecule has 0 atom stereocenters. The molecule has 0 saturated carbocycles. The van der Waals surface area contributed by atoms with Gasteiger partial charge in [-0.1, -0.05) is 11.6 Å². The second-order valence-electron chi connectivity index (χ2n) is 6.78. The molecule has 7 nitrogen and oxygen atoms in total. The summed E-state index contributed by atoms with van der Waals surface area (Å²) < 4.78 is 24.8. The zero-order valence-corrected chi connectivity index (χ0v) is 16.2. The standard InChI is InChI=1S/C16H22ClN3O4S/c1-16(2,19(3)4)10-18-15(22)11-5-6-12(17)13(9-11)20-14(21)7-8-25(20,23)24/h5-6,9H,7-8,10H2,1-4H3,(H,18,22). The fourth-order valence-electron chi connectivity index (χ4n) is 2.21. The second-order valence-corrected chi connectivity index (χ2v) is 9.12. The summed E-state index contributed by atoms with van der Waals surface area (Å²) in [6.45, 7) is 4.36. The summed E-state index contributed by atoms with van der Waals surface area (Å²) in [6, 6.07) is 4.25. The molecular weight excluding hydrogens is 366 g/mol. The van der Waals surface area contributed by atoms with Gasteiger partial charge in [0.05, 0.1) is 16.5 Å². The van der Waals surface area contributed by atoms with Crippen molar-refractivity contribution in [1.29, 1.82) is 0 Å². The normalized spacial score (nSPS) is 17.2. The number of nitrogens with zero attached hydrogens (tertiary/aromatic N) is 2. The molecule has 1 N–H and O–H groups in total. The van der Waals surface area contributed by atoms with Gasteiger partial charge in [0.15, 0.2) is 0 Å². The Balaban J connectivity index is 2.27. The van der Waals surface area contributed by atoms with Crippen molar-refractivity contribution in [3.8, 4) is 0 Å². The molecule has 138 valence electrons. The molecule has 0 aromatic heterocycles. The Kier molecular flexibility index (Phi) is 5.46. The van der Waals surface area contributed by atoms with E-state index < -0.39 is 15.9 Å². The van der Waals surface area contributed by atoms with Gasteiger partial charge in [0.1, 0.15) is 0 Å². The maximum atomic E-state index is 12.4. The smallest absolute Gasteiger partial charge is 0.251 e. The van der Waals surface area contributed by atoms with Gasteiger partial charge in [-0.3, -0.25) is 9.59 Å². The van der Waals surface area contributed by atoms with Gasteiger partial charge in [-0.25, -0.2) is 12.7 Å². The third-order valence-electron chi connectivity index (χ3n) is 4.40. The number of rotatable bonds is 5. The average molecular weight is 388 g/mol. The van der Waals surface area contributed by atoms with E-state index in [0.29, 0.717) is 10.8 Å². The number of amides is 2. The largest absolute Gasteiger partial charge is 0.350 e. The van der Waals surface area contributed by atoms with Crippen molar-refractivity contribution < 1.29 is 18.0 Å². The first-order chi connectivity index (χ1) is 11.5. The molecule has 0 aliphatic carbocycles. The molecule has 2 rings (SSSR count). The highest BCUT2D eigenvalue weighted by molar-refractivity contribution is 7.94. The molecule has 1 fully saturated rings. The van der Waals surface area contributed by atoms with Gasteiger partial charge in [-0.2, -0.15) is 0 Å². The zero-order chi connectivity index (χ0) is 19.0. The quantitative estimate of drug-likeness (QED) is 0.826. The van der Waals surface area contributed by atoms with E-state index in [9.17, 15) is 18.0 Å². The Morgan fingerprint density at radius 2 is 2.00 bits per heavy atom. The Bertz CT molecular complexity index is 806. The molecule has 1 aliphatic rings. The number of sulfonamides is 1. The molecule has 0 spiro atoms. The summed E-state index contributed by atoms with van der Waals surface area (Å²) >= 11 is 6.07. The lowest BCUT2D eigenvalue weighted by Crippen LogP contribution is -2.48. The Labute approximate surface area is 153 Å². The molecule has 0 bridgehead atoms. The van der Waals surface area contributed by atoms with Crippen molar-refractivity contribution >= 4 is 39.1 Å². The lowest BCUT2D eigenvalue weighted by molar-refractivity contribution is -0.116. The van der Waals surface area contributed by atoms with Crippen molar-refractivity contribution in [3.05, 3.63) is 28.8 Å². The van der Waals surface area contributed by atoms with E-state index in [1.165, 1.54) is 18.2 Å². The van der Waals surface area contributed by atoms with Crippen LogP contribution in [0.3, 0.4) is 0 Å². The Morgan fingerprint density at radius 3 is 2.52 bits per heavy atom. The molecule has 9 heteroatoms. The summed E-state index contributed by atoms with van der Waals surface area (Å²) in [7, 11) is 0.0861. The maximum absolute atomic E-state index is 12.4. The van der Waals surface area contributed by atoms with E-state index >= 15 is 0 Å². The molecule has 1 aromatic rings. The van der Waals surface area contributed by atoms with Gasteiger partial charge in [0.25, 0.3) is 5.91 Å². The molecule has 0 unspecified atom stereocenters. The van der Waals surface area contributed by atoms with Gasteiger partial charge in [0.2, 0.25) is 15.9 Å². The first-order valence-corrected chi connectivity index (χ1v) is 9.75. The monoisotopic (exact) mass is 387 g/mol. The minimum absolute atomic E-state index is 0.0173. The van der Waals surface area contributed by atoms with Gasteiger partial charge >= 0.3 is 0 Å². The van der Waals surface area contributed by atoms with Crippen LogP contribution >= 0.6 is 11.6 Å². The van der Waals surface area contributed by atoms with Gasteiger partial charge in [-0.15, -0.1) is 0 Å². The van der Waals surface area contributed by atoms with Crippen LogP contribution in [0.25, 0.3) is 0 Å². The maximum Gasteiger partial charge on any atom is 0.251 e. The molecule has 1 saturated heterocycles. The number of carbonyl (C=O) groups excluding carboxylic acids is 2. The minimum atomic E-state index is -3.74. The number of halogens is 1. The summed E-state index contributed by atoms with van der Waals surface area (Å²) in [4.78, 5) is 26.3. The number of benzene rings is 1. The number of carbonyl (C=O) groups is 2. The van der Waals surface area contributed by atoms with E-state index in [1.807, 2.05) is 32.8 Å². The molecule has 2 amide bonds. The van der Waals surface area contributed by atoms with Crippen molar-refractivity contribution in [2.45, 2.75) is 25.8 Å². The van der Waals surface area contributed by atoms with Crippen molar-refractivity contribution in [2.24, 2.45) is 0 Å². The summed E-state index contributed by atoms with van der Waals surface area (Å²) in [5.74, 6) is -1.17. The van der Waals surface area contributed by atoms with Crippen LogP contribution in [0.4, 0.5) is 5.69 Å². The van der Waals surface area contributed by atoms with E-state index in [1.54, 1.807) is 0 Å². The molecule has 1 aliphatic heterocycles. The number of nitrogens with one attached hydrogen (secondary N) is 1. The number of likely N-dealkylation sites (N-methyl/N-ethyl adjacent to an activating group) is 1. The van der Waals surface area contributed by atoms with E-state index in [-0.39, 0.29) is 39.9 Å². The van der Waals surface area contributed by atoms with Crippen LogP contribution in [-0.4, -0.2) is 57.1 Å². The fourth-order valence-corrected chi connectivity index (χ4v) is 3.93. The third kappa shape index (κ3) is 4.13. The molecule has 1 aromatic carbocycles. The van der Waals surface area contributed by atoms with Crippen LogP contribution in [0.2, 0.25) is 5.02 Å². The predicted molar refractivity (Wildman–Crippen MR) is 97.4 cm³/mol. The van der Waals surface area contributed by atoms with E-state index in [0.717, 1.165) is 0 Å². The molecular formula is C16H22ClN3O4S. The van der Waals surface area contributed by atoms with Crippen molar-refractivity contribution in [2.75, 3.05) is 30.7 Å².